The van der Waals surface area contributed by atoms with E-state index in [0.717, 1.165) is 35.8 Å². The minimum atomic E-state index is 0.0772. The molecule has 5 nitrogen and oxygen atoms in total. The van der Waals surface area contributed by atoms with Crippen LogP contribution in [0, 0.1) is 0 Å². The summed E-state index contributed by atoms with van der Waals surface area (Å²) in [4.78, 5) is 14.4. The van der Waals surface area contributed by atoms with Crippen LogP contribution in [0.4, 0.5) is 11.4 Å². The molecule has 148 valence electrons. The Morgan fingerprint density at radius 1 is 0.828 bits per heavy atom. The maximum atomic E-state index is 12.6. The first-order chi connectivity index (χ1) is 14.3. The van der Waals surface area contributed by atoms with Gasteiger partial charge in [0.05, 0.1) is 6.54 Å². The number of ether oxygens (including phenoxy) is 2. The lowest BCUT2D eigenvalue weighted by molar-refractivity contribution is -0.116. The second kappa shape index (κ2) is 9.15. The molecule has 4 rings (SSSR count). The minimum absolute atomic E-state index is 0.0772. The molecule has 29 heavy (non-hydrogen) atoms. The highest BCUT2D eigenvalue weighted by molar-refractivity contribution is 5.98. The van der Waals surface area contributed by atoms with Crippen LogP contribution in [-0.4, -0.2) is 32.2 Å². The standard InChI is InChI=1S/C24H24N2O3/c27-24(26-15-14-19-6-4-5-9-23(19)26)18-25-20-10-12-22(13-11-20)29-17-16-28-21-7-2-1-3-8-21/h1-13,25H,14-18H2. The number of anilines is 2. The molecule has 1 heterocycles. The third-order valence-electron chi connectivity index (χ3n) is 4.85. The van der Waals surface area contributed by atoms with Crippen LogP contribution in [0.2, 0.25) is 0 Å². The van der Waals surface area contributed by atoms with Gasteiger partial charge >= 0.3 is 0 Å². The molecule has 0 saturated heterocycles. The fourth-order valence-electron chi connectivity index (χ4n) is 3.38. The van der Waals surface area contributed by atoms with Gasteiger partial charge in [0, 0.05) is 17.9 Å². The largest absolute Gasteiger partial charge is 0.490 e. The summed E-state index contributed by atoms with van der Waals surface area (Å²) in [5.41, 5.74) is 3.15. The Bertz CT molecular complexity index is 942. The molecule has 1 amide bonds. The molecule has 1 aliphatic heterocycles. The van der Waals surface area contributed by atoms with Crippen molar-refractivity contribution in [3.8, 4) is 11.5 Å². The topological polar surface area (TPSA) is 50.8 Å². The Morgan fingerprint density at radius 2 is 1.48 bits per heavy atom. The van der Waals surface area contributed by atoms with E-state index in [-0.39, 0.29) is 12.5 Å². The number of carbonyl (C=O) groups excluding carboxylic acids is 1. The van der Waals surface area contributed by atoms with Gasteiger partial charge in [0.2, 0.25) is 5.91 Å². The quantitative estimate of drug-likeness (QED) is 0.589. The van der Waals surface area contributed by atoms with Crippen LogP contribution in [-0.2, 0) is 11.2 Å². The molecular formula is C24H24N2O3. The van der Waals surface area contributed by atoms with Gasteiger partial charge in [-0.25, -0.2) is 0 Å². The molecule has 0 spiro atoms. The van der Waals surface area contributed by atoms with Crippen molar-refractivity contribution in [2.24, 2.45) is 0 Å². The molecule has 3 aromatic rings. The number of para-hydroxylation sites is 2. The zero-order valence-electron chi connectivity index (χ0n) is 16.2. The van der Waals surface area contributed by atoms with Crippen LogP contribution in [0.15, 0.2) is 78.9 Å². The lowest BCUT2D eigenvalue weighted by Crippen LogP contribution is -2.34. The summed E-state index contributed by atoms with van der Waals surface area (Å²) in [7, 11) is 0. The lowest BCUT2D eigenvalue weighted by Gasteiger charge is -2.18. The summed E-state index contributed by atoms with van der Waals surface area (Å²) in [5.74, 6) is 1.68. The predicted molar refractivity (Wildman–Crippen MR) is 115 cm³/mol. The Hall–Kier alpha value is -3.47. The number of nitrogens with one attached hydrogen (secondary N) is 1. The first kappa shape index (κ1) is 18.9. The summed E-state index contributed by atoms with van der Waals surface area (Å²) in [6, 6.07) is 25.4. The van der Waals surface area contributed by atoms with Gasteiger partial charge in [-0.1, -0.05) is 36.4 Å². The Balaban J connectivity index is 1.21. The normalized spacial score (nSPS) is 12.3. The van der Waals surface area contributed by atoms with E-state index in [1.807, 2.05) is 77.7 Å². The first-order valence-corrected chi connectivity index (χ1v) is 9.82. The van der Waals surface area contributed by atoms with E-state index in [9.17, 15) is 4.79 Å². The zero-order valence-corrected chi connectivity index (χ0v) is 16.2. The molecule has 0 fully saturated rings. The van der Waals surface area contributed by atoms with E-state index in [1.165, 1.54) is 5.56 Å². The van der Waals surface area contributed by atoms with Gasteiger partial charge in [0.1, 0.15) is 24.7 Å². The molecule has 0 unspecified atom stereocenters. The molecule has 0 bridgehead atoms. The van der Waals surface area contributed by atoms with Crippen LogP contribution in [0.5, 0.6) is 11.5 Å². The van der Waals surface area contributed by atoms with Gasteiger partial charge in [-0.15, -0.1) is 0 Å². The van der Waals surface area contributed by atoms with Crippen molar-refractivity contribution in [3.63, 3.8) is 0 Å². The van der Waals surface area contributed by atoms with Gasteiger partial charge in [-0.2, -0.15) is 0 Å². The van der Waals surface area contributed by atoms with Gasteiger partial charge in [0.15, 0.2) is 0 Å². The molecule has 1 N–H and O–H groups in total. The molecule has 0 aromatic heterocycles. The van der Waals surface area contributed by atoms with Crippen molar-refractivity contribution in [1.82, 2.24) is 0 Å². The number of hydrogen-bond acceptors (Lipinski definition) is 4. The first-order valence-electron chi connectivity index (χ1n) is 9.82. The number of carbonyl (C=O) groups is 1. The van der Waals surface area contributed by atoms with Gasteiger partial charge in [0.25, 0.3) is 0 Å². The minimum Gasteiger partial charge on any atom is -0.490 e. The van der Waals surface area contributed by atoms with Crippen LogP contribution in [0.25, 0.3) is 0 Å². The Morgan fingerprint density at radius 3 is 2.24 bits per heavy atom. The Kier molecular flexibility index (Phi) is 5.95. The second-order valence-corrected chi connectivity index (χ2v) is 6.81. The van der Waals surface area contributed by atoms with Crippen molar-refractivity contribution < 1.29 is 14.3 Å². The zero-order chi connectivity index (χ0) is 19.9. The fraction of sp³-hybridized carbons (Fsp3) is 0.208. The smallest absolute Gasteiger partial charge is 0.246 e. The summed E-state index contributed by atoms with van der Waals surface area (Å²) in [5, 5.41) is 3.20. The van der Waals surface area contributed by atoms with Crippen LogP contribution >= 0.6 is 0 Å². The second-order valence-electron chi connectivity index (χ2n) is 6.81. The SMILES string of the molecule is O=C(CNc1ccc(OCCOc2ccccc2)cc1)N1CCc2ccccc21. The van der Waals surface area contributed by atoms with E-state index in [1.54, 1.807) is 0 Å². The van der Waals surface area contributed by atoms with Crippen molar-refractivity contribution in [3.05, 3.63) is 84.4 Å². The molecule has 0 saturated carbocycles. The van der Waals surface area contributed by atoms with Crippen LogP contribution in [0.1, 0.15) is 5.56 Å². The van der Waals surface area contributed by atoms with Crippen molar-refractivity contribution in [1.29, 1.82) is 0 Å². The summed E-state index contributed by atoms with van der Waals surface area (Å²) >= 11 is 0. The van der Waals surface area contributed by atoms with E-state index in [2.05, 4.69) is 11.4 Å². The third kappa shape index (κ3) is 4.88. The number of amides is 1. The highest BCUT2D eigenvalue weighted by Gasteiger charge is 2.23. The van der Waals surface area contributed by atoms with Crippen molar-refractivity contribution >= 4 is 17.3 Å². The highest BCUT2D eigenvalue weighted by Crippen LogP contribution is 2.27. The molecule has 1 aliphatic rings. The molecule has 0 atom stereocenters. The highest BCUT2D eigenvalue weighted by atomic mass is 16.5. The maximum absolute atomic E-state index is 12.6. The van der Waals surface area contributed by atoms with Gasteiger partial charge < -0.3 is 19.7 Å². The number of benzene rings is 3. The molecule has 0 aliphatic carbocycles. The average molecular weight is 388 g/mol. The maximum Gasteiger partial charge on any atom is 0.246 e. The summed E-state index contributed by atoms with van der Waals surface area (Å²) in [6.07, 6.45) is 0.919. The number of rotatable bonds is 8. The molecule has 0 radical (unpaired) electrons. The molecular weight excluding hydrogens is 364 g/mol. The average Bonchev–Trinajstić information content (AvgIpc) is 3.21. The summed E-state index contributed by atoms with van der Waals surface area (Å²) in [6.45, 7) is 1.96. The van der Waals surface area contributed by atoms with E-state index >= 15 is 0 Å². The monoisotopic (exact) mass is 388 g/mol. The lowest BCUT2D eigenvalue weighted by atomic mass is 10.2. The van der Waals surface area contributed by atoms with Gasteiger partial charge in [-0.05, 0) is 54.4 Å². The third-order valence-corrected chi connectivity index (χ3v) is 4.85. The molecule has 3 aromatic carbocycles. The van der Waals surface area contributed by atoms with Gasteiger partial charge in [-0.3, -0.25) is 4.79 Å². The van der Waals surface area contributed by atoms with Crippen molar-refractivity contribution in [2.75, 3.05) is 36.5 Å². The summed E-state index contributed by atoms with van der Waals surface area (Å²) < 4.78 is 11.3. The predicted octanol–water partition coefficient (Wildman–Crippen LogP) is 4.15. The van der Waals surface area contributed by atoms with Crippen LogP contribution < -0.4 is 19.7 Å². The van der Waals surface area contributed by atoms with E-state index < -0.39 is 0 Å². The fourth-order valence-corrected chi connectivity index (χ4v) is 3.38. The number of hydrogen-bond donors (Lipinski definition) is 1. The number of fused-ring (bicyclic) bond motifs is 1. The van der Waals surface area contributed by atoms with Crippen molar-refractivity contribution in [2.45, 2.75) is 6.42 Å². The van der Waals surface area contributed by atoms with E-state index in [4.69, 9.17) is 9.47 Å². The van der Waals surface area contributed by atoms with E-state index in [0.29, 0.717) is 13.2 Å². The Labute approximate surface area is 170 Å². The molecule has 5 heteroatoms. The van der Waals surface area contributed by atoms with Crippen LogP contribution in [0.3, 0.4) is 0 Å². The number of nitrogens with zero attached hydrogens (tertiary/aromatic N) is 1.